The molecule has 1 amide bonds. The van der Waals surface area contributed by atoms with Crippen LogP contribution in [0.4, 0.5) is 18.9 Å². The van der Waals surface area contributed by atoms with Crippen molar-refractivity contribution in [2.24, 2.45) is 0 Å². The molecule has 3 nitrogen and oxygen atoms in total. The largest absolute Gasteiger partial charge is 0.319 e. The van der Waals surface area contributed by atoms with Crippen molar-refractivity contribution in [3.05, 3.63) is 54.0 Å². The van der Waals surface area contributed by atoms with Gasteiger partial charge >= 0.3 is 0 Å². The summed E-state index contributed by atoms with van der Waals surface area (Å²) in [7, 11) is 0. The van der Waals surface area contributed by atoms with Gasteiger partial charge in [0.25, 0.3) is 11.7 Å². The molecule has 1 heterocycles. The standard InChI is InChI=1S/C13H9F3N2OS/c14-9-5-1-2-6-10(9)18-11(19)8-4-3-7-17-12(8)20-13(15)16/h1-7,13H,(H,18,19). The van der Waals surface area contributed by atoms with Crippen LogP contribution < -0.4 is 5.32 Å². The number of anilines is 1. The summed E-state index contributed by atoms with van der Waals surface area (Å²) in [4.78, 5) is 15.7. The molecule has 104 valence electrons. The summed E-state index contributed by atoms with van der Waals surface area (Å²) in [6, 6.07) is 8.40. The number of aromatic nitrogens is 1. The fraction of sp³-hybridized carbons (Fsp3) is 0.0769. The van der Waals surface area contributed by atoms with Crippen LogP contribution in [0.1, 0.15) is 10.4 Å². The van der Waals surface area contributed by atoms with Gasteiger partial charge in [-0.3, -0.25) is 4.79 Å². The minimum absolute atomic E-state index is 0.0191. The quantitative estimate of drug-likeness (QED) is 0.873. The zero-order valence-electron chi connectivity index (χ0n) is 10.0. The van der Waals surface area contributed by atoms with Crippen LogP contribution in [0.3, 0.4) is 0 Å². The Morgan fingerprint density at radius 3 is 2.65 bits per heavy atom. The third-order valence-corrected chi connectivity index (χ3v) is 3.07. The highest BCUT2D eigenvalue weighted by atomic mass is 32.2. The fourth-order valence-electron chi connectivity index (χ4n) is 1.49. The molecule has 1 N–H and O–H groups in total. The topological polar surface area (TPSA) is 42.0 Å². The number of hydrogen-bond donors (Lipinski definition) is 1. The van der Waals surface area contributed by atoms with Gasteiger partial charge in [-0.25, -0.2) is 9.37 Å². The van der Waals surface area contributed by atoms with Crippen molar-refractivity contribution in [3.63, 3.8) is 0 Å². The molecule has 0 atom stereocenters. The fourth-order valence-corrected chi connectivity index (χ4v) is 2.07. The van der Waals surface area contributed by atoms with Crippen LogP contribution >= 0.6 is 11.8 Å². The highest BCUT2D eigenvalue weighted by Crippen LogP contribution is 2.27. The number of rotatable bonds is 4. The molecule has 0 spiro atoms. The second kappa shape index (κ2) is 6.42. The Morgan fingerprint density at radius 1 is 1.20 bits per heavy atom. The van der Waals surface area contributed by atoms with Gasteiger partial charge in [-0.2, -0.15) is 8.78 Å². The van der Waals surface area contributed by atoms with Crippen molar-refractivity contribution in [1.82, 2.24) is 4.98 Å². The van der Waals surface area contributed by atoms with Crippen LogP contribution in [-0.4, -0.2) is 16.6 Å². The van der Waals surface area contributed by atoms with E-state index in [2.05, 4.69) is 10.3 Å². The van der Waals surface area contributed by atoms with Crippen molar-refractivity contribution in [3.8, 4) is 0 Å². The predicted molar refractivity (Wildman–Crippen MR) is 70.5 cm³/mol. The number of thioether (sulfide) groups is 1. The van der Waals surface area contributed by atoms with E-state index in [0.717, 1.165) is 0 Å². The first-order chi connectivity index (χ1) is 9.58. The number of pyridine rings is 1. The van der Waals surface area contributed by atoms with E-state index in [4.69, 9.17) is 0 Å². The second-order valence-corrected chi connectivity index (χ2v) is 4.65. The molecule has 2 aromatic rings. The lowest BCUT2D eigenvalue weighted by Crippen LogP contribution is -2.14. The lowest BCUT2D eigenvalue weighted by molar-refractivity contribution is 0.102. The SMILES string of the molecule is O=C(Nc1ccccc1F)c1cccnc1SC(F)F. The number of hydrogen-bond acceptors (Lipinski definition) is 3. The molecular formula is C13H9F3N2OS. The zero-order chi connectivity index (χ0) is 14.5. The molecule has 0 radical (unpaired) electrons. The van der Waals surface area contributed by atoms with Gasteiger partial charge in [0.1, 0.15) is 10.8 Å². The number of amides is 1. The van der Waals surface area contributed by atoms with Gasteiger partial charge in [-0.15, -0.1) is 0 Å². The first-order valence-corrected chi connectivity index (χ1v) is 6.41. The Morgan fingerprint density at radius 2 is 1.95 bits per heavy atom. The van der Waals surface area contributed by atoms with Crippen molar-refractivity contribution in [2.75, 3.05) is 5.32 Å². The van der Waals surface area contributed by atoms with Gasteiger partial charge in [0.15, 0.2) is 0 Å². The average molecular weight is 298 g/mol. The third kappa shape index (κ3) is 3.51. The van der Waals surface area contributed by atoms with E-state index in [-0.39, 0.29) is 28.0 Å². The van der Waals surface area contributed by atoms with E-state index in [0.29, 0.717) is 0 Å². The van der Waals surface area contributed by atoms with E-state index in [1.54, 1.807) is 6.07 Å². The van der Waals surface area contributed by atoms with Crippen molar-refractivity contribution in [1.29, 1.82) is 0 Å². The zero-order valence-corrected chi connectivity index (χ0v) is 10.8. The highest BCUT2D eigenvalue weighted by molar-refractivity contribution is 7.99. The van der Waals surface area contributed by atoms with E-state index in [9.17, 15) is 18.0 Å². The van der Waals surface area contributed by atoms with Gasteiger partial charge in [0, 0.05) is 6.20 Å². The summed E-state index contributed by atoms with van der Waals surface area (Å²) in [6.45, 7) is 0. The Balaban J connectivity index is 2.23. The van der Waals surface area contributed by atoms with Crippen LogP contribution in [0.25, 0.3) is 0 Å². The smallest absolute Gasteiger partial charge is 0.290 e. The maximum absolute atomic E-state index is 13.4. The molecule has 0 aliphatic rings. The van der Waals surface area contributed by atoms with E-state index in [1.165, 1.54) is 36.5 Å². The van der Waals surface area contributed by atoms with Crippen LogP contribution in [0, 0.1) is 5.82 Å². The minimum Gasteiger partial charge on any atom is -0.319 e. The first kappa shape index (κ1) is 14.4. The molecule has 20 heavy (non-hydrogen) atoms. The van der Waals surface area contributed by atoms with Gasteiger partial charge < -0.3 is 5.32 Å². The molecule has 1 aromatic heterocycles. The summed E-state index contributed by atoms with van der Waals surface area (Å²) < 4.78 is 38.2. The van der Waals surface area contributed by atoms with Crippen LogP contribution in [0.5, 0.6) is 0 Å². The Bertz CT molecular complexity index is 622. The number of para-hydroxylation sites is 1. The molecular weight excluding hydrogens is 289 g/mol. The average Bonchev–Trinajstić information content (AvgIpc) is 2.41. The number of nitrogens with one attached hydrogen (secondary N) is 1. The van der Waals surface area contributed by atoms with Gasteiger partial charge in [-0.1, -0.05) is 12.1 Å². The Kier molecular flexibility index (Phi) is 4.62. The molecule has 0 unspecified atom stereocenters. The Labute approximate surface area is 117 Å². The summed E-state index contributed by atoms with van der Waals surface area (Å²) >= 11 is 0.169. The molecule has 0 saturated heterocycles. The monoisotopic (exact) mass is 298 g/mol. The van der Waals surface area contributed by atoms with Gasteiger partial charge in [0.2, 0.25) is 0 Å². The van der Waals surface area contributed by atoms with E-state index in [1.807, 2.05) is 0 Å². The molecule has 2 rings (SSSR count). The predicted octanol–water partition coefficient (Wildman–Crippen LogP) is 3.79. The van der Waals surface area contributed by atoms with Crippen LogP contribution in [0.2, 0.25) is 0 Å². The third-order valence-electron chi connectivity index (χ3n) is 2.34. The summed E-state index contributed by atoms with van der Waals surface area (Å²) in [5, 5.41) is 2.23. The highest BCUT2D eigenvalue weighted by Gasteiger charge is 2.17. The molecule has 0 aliphatic heterocycles. The van der Waals surface area contributed by atoms with Crippen LogP contribution in [-0.2, 0) is 0 Å². The molecule has 0 bridgehead atoms. The van der Waals surface area contributed by atoms with Crippen molar-refractivity contribution >= 4 is 23.4 Å². The van der Waals surface area contributed by atoms with Crippen molar-refractivity contribution in [2.45, 2.75) is 10.8 Å². The lowest BCUT2D eigenvalue weighted by Gasteiger charge is -2.09. The first-order valence-electron chi connectivity index (χ1n) is 5.53. The minimum atomic E-state index is -2.69. The number of nitrogens with zero attached hydrogens (tertiary/aromatic N) is 1. The number of carbonyl (C=O) groups is 1. The number of alkyl halides is 2. The molecule has 0 saturated carbocycles. The van der Waals surface area contributed by atoms with E-state index < -0.39 is 17.5 Å². The Hall–Kier alpha value is -2.02. The maximum Gasteiger partial charge on any atom is 0.290 e. The van der Waals surface area contributed by atoms with E-state index >= 15 is 0 Å². The normalized spacial score (nSPS) is 10.6. The molecule has 0 aliphatic carbocycles. The number of halogens is 3. The number of benzene rings is 1. The number of carbonyl (C=O) groups excluding carboxylic acids is 1. The second-order valence-electron chi connectivity index (χ2n) is 3.67. The van der Waals surface area contributed by atoms with Gasteiger partial charge in [0.05, 0.1) is 11.3 Å². The molecule has 7 heteroatoms. The summed E-state index contributed by atoms with van der Waals surface area (Å²) in [6.07, 6.45) is 1.31. The summed E-state index contributed by atoms with van der Waals surface area (Å²) in [5.41, 5.74) is -0.0459. The molecule has 0 fully saturated rings. The summed E-state index contributed by atoms with van der Waals surface area (Å²) in [5.74, 6) is -3.98. The van der Waals surface area contributed by atoms with Gasteiger partial charge in [-0.05, 0) is 36.0 Å². The van der Waals surface area contributed by atoms with Crippen molar-refractivity contribution < 1.29 is 18.0 Å². The van der Waals surface area contributed by atoms with Crippen LogP contribution in [0.15, 0.2) is 47.6 Å². The lowest BCUT2D eigenvalue weighted by atomic mass is 10.2. The molecule has 1 aromatic carbocycles. The maximum atomic E-state index is 13.4.